The minimum Gasteiger partial charge on any atom is -0.476 e. The smallest absolute Gasteiger partial charge is 0.357 e. The zero-order valence-corrected chi connectivity index (χ0v) is 11.8. The first-order chi connectivity index (χ1) is 9.31. The number of nitrogens with one attached hydrogen (secondary N) is 2. The number of aromatic carboxylic acids is 1. The Hall–Kier alpha value is -2.06. The van der Waals surface area contributed by atoms with Crippen LogP contribution in [0, 0.1) is 6.92 Å². The number of aryl methyl sites for hydroxylation is 1. The number of H-pyrrole nitrogens is 1. The highest BCUT2D eigenvalue weighted by Crippen LogP contribution is 2.23. The number of anilines is 1. The molecule has 9 heteroatoms. The van der Waals surface area contributed by atoms with E-state index in [1.807, 2.05) is 0 Å². The highest BCUT2D eigenvalue weighted by atomic mass is 35.5. The van der Waals surface area contributed by atoms with Crippen molar-refractivity contribution >= 4 is 33.3 Å². The molecule has 0 saturated carbocycles. The quantitative estimate of drug-likeness (QED) is 0.797. The van der Waals surface area contributed by atoms with Crippen molar-refractivity contribution in [3.63, 3.8) is 0 Å². The Kier molecular flexibility index (Phi) is 3.69. The Labute approximate surface area is 119 Å². The average Bonchev–Trinajstić information content (AvgIpc) is 2.71. The van der Waals surface area contributed by atoms with Gasteiger partial charge in [-0.1, -0.05) is 17.7 Å². The van der Waals surface area contributed by atoms with Gasteiger partial charge in [0.15, 0.2) is 5.69 Å². The fourth-order valence-corrected chi connectivity index (χ4v) is 3.22. The van der Waals surface area contributed by atoms with E-state index < -0.39 is 26.6 Å². The van der Waals surface area contributed by atoms with Gasteiger partial charge in [0.2, 0.25) is 0 Å². The van der Waals surface area contributed by atoms with Gasteiger partial charge in [0.1, 0.15) is 4.90 Å². The maximum Gasteiger partial charge on any atom is 0.357 e. The predicted octanol–water partition coefficient (Wildman–Crippen LogP) is 1.87. The number of carboxylic acids is 1. The third-order valence-electron chi connectivity index (χ3n) is 2.44. The van der Waals surface area contributed by atoms with Crippen molar-refractivity contribution in [2.75, 3.05) is 4.72 Å². The summed E-state index contributed by atoms with van der Waals surface area (Å²) < 4.78 is 26.7. The molecule has 0 unspecified atom stereocenters. The fraction of sp³-hybridized carbons (Fsp3) is 0.0909. The molecule has 0 fully saturated rings. The Morgan fingerprint density at radius 2 is 2.15 bits per heavy atom. The third-order valence-corrected chi connectivity index (χ3v) is 4.22. The molecule has 7 nitrogen and oxygen atoms in total. The summed E-state index contributed by atoms with van der Waals surface area (Å²) in [5, 5.41) is 15.1. The molecule has 0 aliphatic rings. The molecule has 0 radical (unpaired) electrons. The minimum atomic E-state index is -4.08. The summed E-state index contributed by atoms with van der Waals surface area (Å²) in [6, 6.07) is 6.07. The van der Waals surface area contributed by atoms with Gasteiger partial charge in [-0.25, -0.2) is 13.2 Å². The van der Waals surface area contributed by atoms with E-state index in [1.54, 1.807) is 12.1 Å². The minimum absolute atomic E-state index is 0.136. The first kappa shape index (κ1) is 14.4. The Balaban J connectivity index is 2.46. The van der Waals surface area contributed by atoms with Crippen molar-refractivity contribution in [1.29, 1.82) is 0 Å². The van der Waals surface area contributed by atoms with E-state index in [1.165, 1.54) is 19.1 Å². The molecular formula is C11H10ClN3O4S. The van der Waals surface area contributed by atoms with Crippen molar-refractivity contribution < 1.29 is 18.3 Å². The number of nitrogens with zero attached hydrogens (tertiary/aromatic N) is 1. The van der Waals surface area contributed by atoms with Gasteiger partial charge in [-0.2, -0.15) is 5.10 Å². The lowest BCUT2D eigenvalue weighted by atomic mass is 10.3. The van der Waals surface area contributed by atoms with Crippen LogP contribution in [0.2, 0.25) is 5.02 Å². The molecule has 3 N–H and O–H groups in total. The van der Waals surface area contributed by atoms with Crippen LogP contribution in [0.4, 0.5) is 5.69 Å². The summed E-state index contributed by atoms with van der Waals surface area (Å²) in [5.41, 5.74) is -0.191. The van der Waals surface area contributed by atoms with Crippen molar-refractivity contribution in [1.82, 2.24) is 10.2 Å². The number of benzene rings is 1. The van der Waals surface area contributed by atoms with Gasteiger partial charge in [0.25, 0.3) is 10.0 Å². The van der Waals surface area contributed by atoms with Crippen LogP contribution >= 0.6 is 11.6 Å². The maximum absolute atomic E-state index is 12.2. The summed E-state index contributed by atoms with van der Waals surface area (Å²) in [6.45, 7) is 1.42. The summed E-state index contributed by atoms with van der Waals surface area (Å²) in [7, 11) is -4.08. The summed E-state index contributed by atoms with van der Waals surface area (Å²) in [4.78, 5) is 10.6. The number of aromatic amines is 1. The zero-order valence-electron chi connectivity index (χ0n) is 10.2. The van der Waals surface area contributed by atoms with Crippen LogP contribution in [0.15, 0.2) is 29.2 Å². The van der Waals surface area contributed by atoms with Crippen molar-refractivity contribution in [2.45, 2.75) is 11.8 Å². The second kappa shape index (κ2) is 5.14. The van der Waals surface area contributed by atoms with Crippen molar-refractivity contribution in [3.05, 3.63) is 40.7 Å². The molecule has 0 atom stereocenters. The number of carboxylic acid groups (broad SMARTS) is 1. The van der Waals surface area contributed by atoms with Gasteiger partial charge in [-0.3, -0.25) is 9.82 Å². The van der Waals surface area contributed by atoms with Crippen LogP contribution in [0.5, 0.6) is 0 Å². The van der Waals surface area contributed by atoms with Gasteiger partial charge in [-0.15, -0.1) is 0 Å². The molecule has 0 aliphatic heterocycles. The normalized spacial score (nSPS) is 11.3. The maximum atomic E-state index is 12.2. The lowest BCUT2D eigenvalue weighted by Gasteiger charge is -2.08. The van der Waals surface area contributed by atoms with E-state index in [4.69, 9.17) is 16.7 Å². The first-order valence-corrected chi connectivity index (χ1v) is 7.24. The highest BCUT2D eigenvalue weighted by molar-refractivity contribution is 7.92. The summed E-state index contributed by atoms with van der Waals surface area (Å²) in [6.07, 6.45) is 0. The zero-order chi connectivity index (χ0) is 14.9. The first-order valence-electron chi connectivity index (χ1n) is 5.38. The lowest BCUT2D eigenvalue weighted by molar-refractivity contribution is 0.0686. The SMILES string of the molecule is Cc1[nH]nc(C(=O)O)c1S(=O)(=O)Nc1cccc(Cl)c1. The van der Waals surface area contributed by atoms with Crippen LogP contribution in [0.3, 0.4) is 0 Å². The van der Waals surface area contributed by atoms with Gasteiger partial charge < -0.3 is 5.11 Å². The molecule has 20 heavy (non-hydrogen) atoms. The van der Waals surface area contributed by atoms with Crippen LogP contribution in [0.25, 0.3) is 0 Å². The van der Waals surface area contributed by atoms with Gasteiger partial charge >= 0.3 is 5.97 Å². The average molecular weight is 316 g/mol. The van der Waals surface area contributed by atoms with Gasteiger partial charge in [0, 0.05) is 5.02 Å². The number of aromatic nitrogens is 2. The lowest BCUT2D eigenvalue weighted by Crippen LogP contribution is -2.17. The molecule has 1 heterocycles. The monoisotopic (exact) mass is 315 g/mol. The Bertz CT molecular complexity index is 770. The van der Waals surface area contributed by atoms with Crippen LogP contribution in [-0.4, -0.2) is 29.7 Å². The molecule has 2 rings (SSSR count). The molecule has 0 bridgehead atoms. The number of hydrogen-bond donors (Lipinski definition) is 3. The van der Waals surface area contributed by atoms with E-state index in [0.717, 1.165) is 0 Å². The molecular weight excluding hydrogens is 306 g/mol. The van der Waals surface area contributed by atoms with E-state index >= 15 is 0 Å². The molecule has 0 spiro atoms. The Morgan fingerprint density at radius 3 is 2.75 bits per heavy atom. The molecule has 1 aromatic heterocycles. The number of carbonyl (C=O) groups is 1. The molecule has 0 aliphatic carbocycles. The molecule has 0 saturated heterocycles. The van der Waals surface area contributed by atoms with Gasteiger partial charge in [-0.05, 0) is 25.1 Å². The number of halogens is 1. The summed E-state index contributed by atoms with van der Waals surface area (Å²) >= 11 is 5.76. The second-order valence-corrected chi connectivity index (χ2v) is 6.00. The van der Waals surface area contributed by atoms with Crippen LogP contribution < -0.4 is 4.72 Å². The highest BCUT2D eigenvalue weighted by Gasteiger charge is 2.28. The second-order valence-electron chi connectivity index (χ2n) is 3.95. The third kappa shape index (κ3) is 2.75. The predicted molar refractivity (Wildman–Crippen MR) is 72.5 cm³/mol. The number of sulfonamides is 1. The number of hydrogen-bond acceptors (Lipinski definition) is 4. The van der Waals surface area contributed by atoms with E-state index in [-0.39, 0.29) is 11.4 Å². The van der Waals surface area contributed by atoms with Crippen molar-refractivity contribution in [2.24, 2.45) is 0 Å². The fourth-order valence-electron chi connectivity index (χ4n) is 1.65. The Morgan fingerprint density at radius 1 is 1.45 bits per heavy atom. The summed E-state index contributed by atoms with van der Waals surface area (Å²) in [5.74, 6) is -1.43. The van der Waals surface area contributed by atoms with Crippen LogP contribution in [-0.2, 0) is 10.0 Å². The standard InChI is InChI=1S/C11H10ClN3O4S/c1-6-10(9(11(16)17)14-13-6)20(18,19)15-8-4-2-3-7(12)5-8/h2-5,15H,1H3,(H,13,14)(H,16,17). The topological polar surface area (TPSA) is 112 Å². The van der Waals surface area contributed by atoms with Gasteiger partial charge in [0.05, 0.1) is 11.4 Å². The van der Waals surface area contributed by atoms with Crippen LogP contribution in [0.1, 0.15) is 16.2 Å². The molecule has 0 amide bonds. The number of rotatable bonds is 4. The van der Waals surface area contributed by atoms with E-state index in [0.29, 0.717) is 5.02 Å². The molecule has 106 valence electrons. The molecule has 1 aromatic carbocycles. The van der Waals surface area contributed by atoms with Crippen molar-refractivity contribution in [3.8, 4) is 0 Å². The van der Waals surface area contributed by atoms with E-state index in [2.05, 4.69) is 14.9 Å². The molecule has 2 aromatic rings. The largest absolute Gasteiger partial charge is 0.476 e. The van der Waals surface area contributed by atoms with E-state index in [9.17, 15) is 13.2 Å².